The first-order chi connectivity index (χ1) is 9.47. The summed E-state index contributed by atoms with van der Waals surface area (Å²) in [4.78, 5) is 4.29. The Bertz CT molecular complexity index is 580. The van der Waals surface area contributed by atoms with Gasteiger partial charge < -0.3 is 5.73 Å². The molecule has 0 aliphatic carbocycles. The monoisotopic (exact) mass is 312 g/mol. The van der Waals surface area contributed by atoms with Gasteiger partial charge in [-0.25, -0.2) is 9.67 Å². The average Bonchev–Trinajstić information content (AvgIpc) is 2.79. The van der Waals surface area contributed by atoms with Gasteiger partial charge in [-0.1, -0.05) is 43.1 Å². The normalized spacial score (nSPS) is 12.9. The van der Waals surface area contributed by atoms with Crippen molar-refractivity contribution in [3.63, 3.8) is 0 Å². The third kappa shape index (κ3) is 3.72. The van der Waals surface area contributed by atoms with Crippen molar-refractivity contribution in [2.24, 2.45) is 11.7 Å². The van der Waals surface area contributed by atoms with Gasteiger partial charge in [0.2, 0.25) is 0 Å². The van der Waals surface area contributed by atoms with Crippen LogP contribution in [0.1, 0.15) is 31.3 Å². The fourth-order valence-corrected chi connectivity index (χ4v) is 2.31. The van der Waals surface area contributed by atoms with E-state index in [9.17, 15) is 0 Å². The van der Waals surface area contributed by atoms with Crippen LogP contribution in [0.2, 0.25) is 10.0 Å². The van der Waals surface area contributed by atoms with E-state index in [2.05, 4.69) is 23.9 Å². The van der Waals surface area contributed by atoms with Crippen molar-refractivity contribution in [1.29, 1.82) is 0 Å². The van der Waals surface area contributed by atoms with E-state index in [4.69, 9.17) is 28.9 Å². The predicted molar refractivity (Wildman–Crippen MR) is 82.0 cm³/mol. The van der Waals surface area contributed by atoms with Gasteiger partial charge in [-0.2, -0.15) is 5.10 Å². The van der Waals surface area contributed by atoms with E-state index in [0.29, 0.717) is 22.4 Å². The molecular formula is C14H18Cl2N4. The summed E-state index contributed by atoms with van der Waals surface area (Å²) in [6.07, 6.45) is 2.18. The molecule has 0 radical (unpaired) electrons. The number of halogens is 2. The smallest absolute Gasteiger partial charge is 0.138 e. The van der Waals surface area contributed by atoms with Crippen LogP contribution in [0, 0.1) is 5.92 Å². The average molecular weight is 313 g/mol. The lowest BCUT2D eigenvalue weighted by Gasteiger charge is -2.14. The maximum atomic E-state index is 6.22. The molecule has 2 rings (SSSR count). The molecule has 6 heteroatoms. The molecule has 0 spiro atoms. The minimum absolute atomic E-state index is 0.181. The van der Waals surface area contributed by atoms with Gasteiger partial charge in [0.05, 0.1) is 10.0 Å². The molecule has 20 heavy (non-hydrogen) atoms. The first-order valence-electron chi connectivity index (χ1n) is 6.54. The summed E-state index contributed by atoms with van der Waals surface area (Å²) in [5, 5.41) is 5.29. The highest BCUT2D eigenvalue weighted by Gasteiger charge is 2.14. The van der Waals surface area contributed by atoms with Crippen LogP contribution >= 0.6 is 23.2 Å². The van der Waals surface area contributed by atoms with E-state index in [1.54, 1.807) is 18.5 Å². The first-order valence-corrected chi connectivity index (χ1v) is 7.30. The summed E-state index contributed by atoms with van der Waals surface area (Å²) in [6, 6.07) is 5.28. The molecule has 1 atom stereocenters. The topological polar surface area (TPSA) is 56.7 Å². The fraction of sp³-hybridized carbons (Fsp3) is 0.429. The quantitative estimate of drug-likeness (QED) is 0.919. The molecule has 0 aliphatic rings. The van der Waals surface area contributed by atoms with Crippen LogP contribution in [0.4, 0.5) is 0 Å². The van der Waals surface area contributed by atoms with Gasteiger partial charge in [-0.15, -0.1) is 0 Å². The largest absolute Gasteiger partial charge is 0.324 e. The molecule has 0 aliphatic heterocycles. The molecule has 2 aromatic rings. The molecule has 0 bridgehead atoms. The molecule has 108 valence electrons. The molecule has 0 amide bonds. The Balaban J connectivity index is 2.13. The molecule has 0 saturated carbocycles. The van der Waals surface area contributed by atoms with Crippen molar-refractivity contribution < 1.29 is 0 Å². The minimum atomic E-state index is -0.181. The lowest BCUT2D eigenvalue weighted by atomic mass is 10.0. The Kier molecular flexibility index (Phi) is 5.02. The van der Waals surface area contributed by atoms with Crippen molar-refractivity contribution in [1.82, 2.24) is 14.8 Å². The first kappa shape index (κ1) is 15.3. The van der Waals surface area contributed by atoms with Gasteiger partial charge in [0.25, 0.3) is 0 Å². The number of aromatic nitrogens is 3. The van der Waals surface area contributed by atoms with Gasteiger partial charge in [0.15, 0.2) is 0 Å². The second kappa shape index (κ2) is 6.57. The molecule has 2 N–H and O–H groups in total. The summed E-state index contributed by atoms with van der Waals surface area (Å²) in [6.45, 7) is 5.12. The third-order valence-corrected chi connectivity index (χ3v) is 3.75. The molecule has 0 fully saturated rings. The Morgan fingerprint density at radius 1 is 1.25 bits per heavy atom. The van der Waals surface area contributed by atoms with E-state index >= 15 is 0 Å². The van der Waals surface area contributed by atoms with Crippen LogP contribution in [0.25, 0.3) is 0 Å². The summed E-state index contributed by atoms with van der Waals surface area (Å²) in [5.74, 6) is 1.40. The highest BCUT2D eigenvalue weighted by Crippen LogP contribution is 2.26. The maximum absolute atomic E-state index is 6.22. The molecule has 4 nitrogen and oxygen atoms in total. The van der Waals surface area contributed by atoms with Crippen LogP contribution in [0.5, 0.6) is 0 Å². The number of hydrogen-bond acceptors (Lipinski definition) is 3. The summed E-state index contributed by atoms with van der Waals surface area (Å²) in [7, 11) is 0. The van der Waals surface area contributed by atoms with Crippen LogP contribution in [0.15, 0.2) is 24.5 Å². The number of hydrogen-bond donors (Lipinski definition) is 1. The zero-order valence-electron chi connectivity index (χ0n) is 11.6. The van der Waals surface area contributed by atoms with Gasteiger partial charge in [-0.3, -0.25) is 0 Å². The summed E-state index contributed by atoms with van der Waals surface area (Å²) >= 11 is 11.9. The molecule has 0 saturated heterocycles. The summed E-state index contributed by atoms with van der Waals surface area (Å²) < 4.78 is 1.90. The van der Waals surface area contributed by atoms with Gasteiger partial charge in [-0.05, 0) is 23.6 Å². The highest BCUT2D eigenvalue weighted by atomic mass is 35.5. The predicted octanol–water partition coefficient (Wildman–Crippen LogP) is 3.48. The molecule has 1 aromatic heterocycles. The van der Waals surface area contributed by atoms with Crippen LogP contribution in [0.3, 0.4) is 0 Å². The number of benzene rings is 1. The minimum Gasteiger partial charge on any atom is -0.324 e. The van der Waals surface area contributed by atoms with Gasteiger partial charge in [0.1, 0.15) is 12.2 Å². The van der Waals surface area contributed by atoms with Gasteiger partial charge in [0, 0.05) is 19.0 Å². The Morgan fingerprint density at radius 3 is 2.65 bits per heavy atom. The Morgan fingerprint density at radius 2 is 2.00 bits per heavy atom. The standard InChI is InChI=1S/C14H18Cl2N4/c1-9(2)7-20-14(18-8-19-20)6-13(17)10-3-4-11(15)12(16)5-10/h3-5,8-9,13H,6-7,17H2,1-2H3. The zero-order chi connectivity index (χ0) is 14.7. The van der Waals surface area contributed by atoms with Gasteiger partial charge >= 0.3 is 0 Å². The number of rotatable bonds is 5. The van der Waals surface area contributed by atoms with Crippen LogP contribution in [-0.4, -0.2) is 14.8 Å². The van der Waals surface area contributed by atoms with Crippen molar-refractivity contribution in [3.05, 3.63) is 46.0 Å². The maximum Gasteiger partial charge on any atom is 0.138 e. The molecule has 1 unspecified atom stereocenters. The van der Waals surface area contributed by atoms with E-state index in [-0.39, 0.29) is 6.04 Å². The zero-order valence-corrected chi connectivity index (χ0v) is 13.1. The van der Waals surface area contributed by atoms with Crippen molar-refractivity contribution in [3.8, 4) is 0 Å². The Hall–Kier alpha value is -1.10. The van der Waals surface area contributed by atoms with Crippen molar-refractivity contribution in [2.45, 2.75) is 32.9 Å². The summed E-state index contributed by atoms with van der Waals surface area (Å²) in [5.41, 5.74) is 7.17. The lowest BCUT2D eigenvalue weighted by molar-refractivity contribution is 0.459. The molecular weight excluding hydrogens is 295 g/mol. The van der Waals surface area contributed by atoms with E-state index < -0.39 is 0 Å². The van der Waals surface area contributed by atoms with Crippen molar-refractivity contribution in [2.75, 3.05) is 0 Å². The fourth-order valence-electron chi connectivity index (χ4n) is 2.00. The van der Waals surface area contributed by atoms with Crippen molar-refractivity contribution >= 4 is 23.2 Å². The van der Waals surface area contributed by atoms with E-state index in [0.717, 1.165) is 17.9 Å². The third-order valence-electron chi connectivity index (χ3n) is 3.01. The highest BCUT2D eigenvalue weighted by molar-refractivity contribution is 6.42. The number of nitrogens with two attached hydrogens (primary N) is 1. The van der Waals surface area contributed by atoms with E-state index in [1.165, 1.54) is 0 Å². The SMILES string of the molecule is CC(C)Cn1ncnc1CC(N)c1ccc(Cl)c(Cl)c1. The molecule has 1 heterocycles. The second-order valence-corrected chi connectivity index (χ2v) is 6.05. The number of nitrogens with zero attached hydrogens (tertiary/aromatic N) is 3. The lowest BCUT2D eigenvalue weighted by Crippen LogP contribution is -2.18. The van der Waals surface area contributed by atoms with Crippen LogP contribution in [-0.2, 0) is 13.0 Å². The molecule has 1 aromatic carbocycles. The van der Waals surface area contributed by atoms with E-state index in [1.807, 2.05) is 10.7 Å². The Labute approximate surface area is 128 Å². The van der Waals surface area contributed by atoms with Crippen LogP contribution < -0.4 is 5.73 Å². The second-order valence-electron chi connectivity index (χ2n) is 5.24.